The SMILES string of the molecule is Cc1ccc(OCn2ccc(C(=O)Nc3ccc(CN4CCCCC4)cc3)n2)c(C)c1. The largest absolute Gasteiger partial charge is 0.471 e. The number of likely N-dealkylation sites (tertiary alicyclic amines) is 1. The zero-order valence-electron chi connectivity index (χ0n) is 18.3. The van der Waals surface area contributed by atoms with Gasteiger partial charge in [0.25, 0.3) is 5.91 Å². The summed E-state index contributed by atoms with van der Waals surface area (Å²) in [6.45, 7) is 7.64. The average Bonchev–Trinajstić information content (AvgIpc) is 3.25. The van der Waals surface area contributed by atoms with Crippen molar-refractivity contribution >= 4 is 11.6 Å². The molecule has 6 heteroatoms. The van der Waals surface area contributed by atoms with Gasteiger partial charge in [0.05, 0.1) is 0 Å². The van der Waals surface area contributed by atoms with Gasteiger partial charge in [0.15, 0.2) is 12.4 Å². The van der Waals surface area contributed by atoms with Gasteiger partial charge in [-0.25, -0.2) is 4.68 Å². The molecule has 0 radical (unpaired) electrons. The topological polar surface area (TPSA) is 59.4 Å². The fraction of sp³-hybridized carbons (Fsp3) is 0.360. The molecule has 0 spiro atoms. The van der Waals surface area contributed by atoms with E-state index in [2.05, 4.69) is 40.4 Å². The van der Waals surface area contributed by atoms with E-state index in [-0.39, 0.29) is 12.6 Å². The van der Waals surface area contributed by atoms with Gasteiger partial charge in [0.2, 0.25) is 0 Å². The van der Waals surface area contributed by atoms with Crippen LogP contribution in [0, 0.1) is 13.8 Å². The number of nitrogens with zero attached hydrogens (tertiary/aromatic N) is 3. The lowest BCUT2D eigenvalue weighted by molar-refractivity contribution is 0.102. The third kappa shape index (κ3) is 5.73. The minimum absolute atomic E-state index is 0.228. The molecule has 3 aromatic rings. The smallest absolute Gasteiger partial charge is 0.276 e. The molecule has 1 aliphatic heterocycles. The second kappa shape index (κ2) is 9.79. The van der Waals surface area contributed by atoms with Crippen LogP contribution in [0.15, 0.2) is 54.7 Å². The molecule has 4 rings (SSSR count). The first-order valence-electron chi connectivity index (χ1n) is 10.9. The van der Waals surface area contributed by atoms with E-state index in [1.165, 1.54) is 43.5 Å². The molecule has 0 bridgehead atoms. The fourth-order valence-corrected chi connectivity index (χ4v) is 3.92. The van der Waals surface area contributed by atoms with Crippen molar-refractivity contribution in [2.24, 2.45) is 0 Å². The first-order chi connectivity index (χ1) is 15.1. The molecule has 1 N–H and O–H groups in total. The monoisotopic (exact) mass is 418 g/mol. The number of ether oxygens (including phenoxy) is 1. The Morgan fingerprint density at radius 3 is 2.55 bits per heavy atom. The van der Waals surface area contributed by atoms with Gasteiger partial charge in [-0.05, 0) is 75.2 Å². The minimum atomic E-state index is -0.228. The summed E-state index contributed by atoms with van der Waals surface area (Å²) in [5, 5.41) is 7.26. The Hall–Kier alpha value is -3.12. The number of carbonyl (C=O) groups is 1. The number of piperidine rings is 1. The molecule has 0 aliphatic carbocycles. The average molecular weight is 419 g/mol. The van der Waals surface area contributed by atoms with E-state index < -0.39 is 0 Å². The number of nitrogens with one attached hydrogen (secondary N) is 1. The van der Waals surface area contributed by atoms with Crippen molar-refractivity contribution in [3.63, 3.8) is 0 Å². The lowest BCUT2D eigenvalue weighted by Gasteiger charge is -2.26. The molecule has 1 fully saturated rings. The van der Waals surface area contributed by atoms with E-state index in [1.54, 1.807) is 16.9 Å². The van der Waals surface area contributed by atoms with E-state index in [0.29, 0.717) is 5.69 Å². The van der Waals surface area contributed by atoms with Gasteiger partial charge in [0.1, 0.15) is 5.75 Å². The summed E-state index contributed by atoms with van der Waals surface area (Å²) in [6, 6.07) is 15.8. The van der Waals surface area contributed by atoms with E-state index >= 15 is 0 Å². The number of hydrogen-bond donors (Lipinski definition) is 1. The highest BCUT2D eigenvalue weighted by molar-refractivity contribution is 6.02. The van der Waals surface area contributed by atoms with Gasteiger partial charge in [-0.3, -0.25) is 9.69 Å². The van der Waals surface area contributed by atoms with E-state index in [4.69, 9.17) is 4.74 Å². The summed E-state index contributed by atoms with van der Waals surface area (Å²) in [5.74, 6) is 0.589. The molecule has 1 aromatic heterocycles. The Balaban J connectivity index is 1.30. The van der Waals surface area contributed by atoms with Crippen molar-refractivity contribution in [3.8, 4) is 5.75 Å². The Morgan fingerprint density at radius 1 is 1.03 bits per heavy atom. The molecule has 0 saturated carbocycles. The Bertz CT molecular complexity index is 1020. The Kier molecular flexibility index (Phi) is 6.67. The molecular weight excluding hydrogens is 388 g/mol. The molecule has 1 amide bonds. The predicted octanol–water partition coefficient (Wildman–Crippen LogP) is 4.77. The lowest BCUT2D eigenvalue weighted by Crippen LogP contribution is -2.29. The predicted molar refractivity (Wildman–Crippen MR) is 122 cm³/mol. The van der Waals surface area contributed by atoms with Crippen molar-refractivity contribution in [2.45, 2.75) is 46.4 Å². The van der Waals surface area contributed by atoms with Crippen LogP contribution in [-0.2, 0) is 13.3 Å². The zero-order chi connectivity index (χ0) is 21.6. The van der Waals surface area contributed by atoms with Crippen molar-refractivity contribution in [3.05, 3.63) is 77.1 Å². The first-order valence-corrected chi connectivity index (χ1v) is 10.9. The van der Waals surface area contributed by atoms with Crippen molar-refractivity contribution in [1.82, 2.24) is 14.7 Å². The van der Waals surface area contributed by atoms with Gasteiger partial charge < -0.3 is 10.1 Å². The summed E-state index contributed by atoms with van der Waals surface area (Å²) in [7, 11) is 0. The van der Waals surface area contributed by atoms with Gasteiger partial charge in [-0.1, -0.05) is 36.2 Å². The van der Waals surface area contributed by atoms with Gasteiger partial charge >= 0.3 is 0 Å². The van der Waals surface area contributed by atoms with Gasteiger partial charge in [-0.15, -0.1) is 0 Å². The number of aromatic nitrogens is 2. The maximum absolute atomic E-state index is 12.6. The number of amides is 1. The Labute approximate surface area is 183 Å². The minimum Gasteiger partial charge on any atom is -0.471 e. The van der Waals surface area contributed by atoms with Crippen molar-refractivity contribution in [1.29, 1.82) is 0 Å². The molecule has 2 heterocycles. The van der Waals surface area contributed by atoms with E-state index in [0.717, 1.165) is 23.5 Å². The maximum atomic E-state index is 12.6. The number of hydrogen-bond acceptors (Lipinski definition) is 4. The van der Waals surface area contributed by atoms with E-state index in [1.807, 2.05) is 31.2 Å². The van der Waals surface area contributed by atoms with Crippen LogP contribution in [0.4, 0.5) is 5.69 Å². The van der Waals surface area contributed by atoms with Crippen LogP contribution in [0.5, 0.6) is 5.75 Å². The Morgan fingerprint density at radius 2 is 1.81 bits per heavy atom. The van der Waals surface area contributed by atoms with Crippen LogP contribution >= 0.6 is 0 Å². The molecular formula is C25H30N4O2. The van der Waals surface area contributed by atoms with Crippen LogP contribution in [0.25, 0.3) is 0 Å². The van der Waals surface area contributed by atoms with Gasteiger partial charge in [-0.2, -0.15) is 5.10 Å². The van der Waals surface area contributed by atoms with Crippen LogP contribution < -0.4 is 10.1 Å². The van der Waals surface area contributed by atoms with Crippen molar-refractivity contribution in [2.75, 3.05) is 18.4 Å². The molecule has 0 unspecified atom stereocenters. The second-order valence-electron chi connectivity index (χ2n) is 8.27. The number of rotatable bonds is 7. The maximum Gasteiger partial charge on any atom is 0.276 e. The fourth-order valence-electron chi connectivity index (χ4n) is 3.92. The number of carbonyl (C=O) groups excluding carboxylic acids is 1. The third-order valence-electron chi connectivity index (χ3n) is 5.62. The van der Waals surface area contributed by atoms with Crippen LogP contribution in [0.3, 0.4) is 0 Å². The molecule has 2 aromatic carbocycles. The summed E-state index contributed by atoms with van der Waals surface area (Å²) < 4.78 is 7.45. The second-order valence-corrected chi connectivity index (χ2v) is 8.27. The van der Waals surface area contributed by atoms with Crippen molar-refractivity contribution < 1.29 is 9.53 Å². The third-order valence-corrected chi connectivity index (χ3v) is 5.62. The summed E-state index contributed by atoms with van der Waals surface area (Å²) >= 11 is 0. The highest BCUT2D eigenvalue weighted by Gasteiger charge is 2.12. The number of aryl methyl sites for hydroxylation is 2. The zero-order valence-corrected chi connectivity index (χ0v) is 18.3. The number of benzene rings is 2. The summed E-state index contributed by atoms with van der Waals surface area (Å²) in [5.41, 5.74) is 4.68. The highest BCUT2D eigenvalue weighted by Crippen LogP contribution is 2.19. The standard InChI is InChI=1S/C25H30N4O2/c1-19-6-11-24(20(2)16-19)31-18-29-15-12-23(27-29)25(30)26-22-9-7-21(8-10-22)17-28-13-4-3-5-14-28/h6-12,15-16H,3-5,13-14,17-18H2,1-2H3,(H,26,30). The number of anilines is 1. The molecule has 162 valence electrons. The highest BCUT2D eigenvalue weighted by atomic mass is 16.5. The molecule has 6 nitrogen and oxygen atoms in total. The van der Waals surface area contributed by atoms with Crippen LogP contribution in [-0.4, -0.2) is 33.7 Å². The summed E-state index contributed by atoms with van der Waals surface area (Å²) in [4.78, 5) is 15.0. The molecule has 31 heavy (non-hydrogen) atoms. The lowest BCUT2D eigenvalue weighted by atomic mass is 10.1. The molecule has 0 atom stereocenters. The normalized spacial score (nSPS) is 14.4. The first kappa shape index (κ1) is 21.1. The van der Waals surface area contributed by atoms with E-state index in [9.17, 15) is 4.79 Å². The molecule has 1 saturated heterocycles. The summed E-state index contributed by atoms with van der Waals surface area (Å²) in [6.07, 6.45) is 5.67. The van der Waals surface area contributed by atoms with Crippen LogP contribution in [0.1, 0.15) is 46.4 Å². The van der Waals surface area contributed by atoms with Gasteiger partial charge in [0, 0.05) is 18.4 Å². The quantitative estimate of drug-likeness (QED) is 0.600. The van der Waals surface area contributed by atoms with Crippen LogP contribution in [0.2, 0.25) is 0 Å². The molecule has 1 aliphatic rings.